The number of thiazole rings is 1. The van der Waals surface area contributed by atoms with Gasteiger partial charge in [-0.15, -0.1) is 11.3 Å². The van der Waals surface area contributed by atoms with Crippen molar-refractivity contribution in [1.82, 2.24) is 24.8 Å². The van der Waals surface area contributed by atoms with Gasteiger partial charge in [0.2, 0.25) is 0 Å². The number of imidazole rings is 1. The Hall–Kier alpha value is -5.57. The molecule has 13 nitrogen and oxygen atoms in total. The van der Waals surface area contributed by atoms with Crippen LogP contribution in [-0.2, 0) is 33.9 Å². The SMILES string of the molecule is O=C(Nc1nccs1)C(c1ncn2c1CCC2)N1Cc2c(F)cc(-c3ccc(N4CC5(CNC5)C4)cc3)cc2C1=O.O=C(O)C(F)(F)F.O=C(O)C(F)(F)F. The van der Waals surface area contributed by atoms with Gasteiger partial charge in [0.1, 0.15) is 5.82 Å². The molecule has 2 amide bonds. The van der Waals surface area contributed by atoms with E-state index in [0.717, 1.165) is 62.5 Å². The van der Waals surface area contributed by atoms with Crippen molar-refractivity contribution in [2.75, 3.05) is 36.4 Å². The van der Waals surface area contributed by atoms with Crippen molar-refractivity contribution in [2.45, 2.75) is 44.3 Å². The highest BCUT2D eigenvalue weighted by atomic mass is 32.1. The number of aromatic nitrogens is 3. The normalized spacial score (nSPS) is 17.1. The van der Waals surface area contributed by atoms with E-state index in [1.165, 1.54) is 22.3 Å². The van der Waals surface area contributed by atoms with E-state index in [-0.39, 0.29) is 18.0 Å². The summed E-state index contributed by atoms with van der Waals surface area (Å²) in [6.07, 6.45) is -5.11. The van der Waals surface area contributed by atoms with Gasteiger partial charge in [0.05, 0.1) is 18.6 Å². The molecule has 0 aliphatic carbocycles. The predicted molar refractivity (Wildman–Crippen MR) is 181 cm³/mol. The Kier molecular flexibility index (Phi) is 10.6. The maximum Gasteiger partial charge on any atom is 0.490 e. The largest absolute Gasteiger partial charge is 0.490 e. The van der Waals surface area contributed by atoms with Crippen LogP contribution in [0, 0.1) is 11.2 Å². The lowest BCUT2D eigenvalue weighted by Crippen LogP contribution is -2.71. The summed E-state index contributed by atoms with van der Waals surface area (Å²) in [7, 11) is 0. The summed E-state index contributed by atoms with van der Waals surface area (Å²) in [6, 6.07) is 10.3. The van der Waals surface area contributed by atoms with E-state index in [1.54, 1.807) is 24.0 Å². The number of carboxylic acid groups (broad SMARTS) is 2. The van der Waals surface area contributed by atoms with E-state index in [2.05, 4.69) is 37.6 Å². The minimum atomic E-state index is -5.08. The van der Waals surface area contributed by atoms with Crippen molar-refractivity contribution in [3.05, 3.63) is 82.6 Å². The molecule has 0 radical (unpaired) electrons. The number of halogens is 7. The van der Waals surface area contributed by atoms with Crippen molar-refractivity contribution >= 4 is 45.9 Å². The lowest BCUT2D eigenvalue weighted by Gasteiger charge is -2.57. The number of nitrogens with one attached hydrogen (secondary N) is 2. The van der Waals surface area contributed by atoms with Crippen molar-refractivity contribution in [3.8, 4) is 11.1 Å². The number of hydrogen-bond acceptors (Lipinski definition) is 9. The number of benzene rings is 2. The molecule has 2 fully saturated rings. The number of nitrogens with zero attached hydrogens (tertiary/aromatic N) is 5. The number of amides is 2. The number of carbonyl (C=O) groups is 4. The van der Waals surface area contributed by atoms with Gasteiger partial charge >= 0.3 is 24.3 Å². The Morgan fingerprint density at radius 2 is 1.58 bits per heavy atom. The summed E-state index contributed by atoms with van der Waals surface area (Å²) >= 11 is 1.30. The van der Waals surface area contributed by atoms with Crippen molar-refractivity contribution in [3.63, 3.8) is 0 Å². The Morgan fingerprint density at radius 3 is 2.13 bits per heavy atom. The fourth-order valence-corrected chi connectivity index (χ4v) is 7.21. The number of carbonyl (C=O) groups excluding carboxylic acids is 2. The van der Waals surface area contributed by atoms with E-state index in [9.17, 15) is 35.9 Å². The zero-order valence-electron chi connectivity index (χ0n) is 28.2. The molecule has 4 aliphatic rings. The number of anilines is 2. The van der Waals surface area contributed by atoms with Gasteiger partial charge in [-0.25, -0.2) is 23.9 Å². The molecule has 6 heterocycles. The summed E-state index contributed by atoms with van der Waals surface area (Å²) in [4.78, 5) is 57.9. The Labute approximate surface area is 310 Å². The zero-order chi connectivity index (χ0) is 39.9. The average Bonchev–Trinajstić information content (AvgIpc) is 3.88. The molecular formula is C34H30F7N7O6S. The van der Waals surface area contributed by atoms with Gasteiger partial charge in [-0.3, -0.25) is 14.9 Å². The maximum absolute atomic E-state index is 15.6. The van der Waals surface area contributed by atoms with E-state index < -0.39 is 42.1 Å². The highest BCUT2D eigenvalue weighted by Crippen LogP contribution is 2.40. The third-order valence-corrected chi connectivity index (χ3v) is 10.1. The van der Waals surface area contributed by atoms with Gasteiger partial charge in [-0.1, -0.05) is 12.1 Å². The van der Waals surface area contributed by atoms with E-state index >= 15 is 4.39 Å². The number of alkyl halides is 6. The Balaban J connectivity index is 0.000000315. The van der Waals surface area contributed by atoms with Gasteiger partial charge in [-0.2, -0.15) is 26.3 Å². The minimum absolute atomic E-state index is 0.00690. The number of aryl methyl sites for hydroxylation is 1. The van der Waals surface area contributed by atoms with Gasteiger partial charge in [0, 0.05) is 72.2 Å². The quantitative estimate of drug-likeness (QED) is 0.193. The summed E-state index contributed by atoms with van der Waals surface area (Å²) in [5.41, 5.74) is 5.13. The molecule has 0 saturated carbocycles. The molecule has 2 saturated heterocycles. The van der Waals surface area contributed by atoms with E-state index in [4.69, 9.17) is 19.8 Å². The standard InChI is InChI=1S/C30H28FN7O2S.2C2HF3O2/c31-23-11-19(18-3-5-20(6-4-18)37-15-30(16-37)13-32-14-30)10-21-22(23)12-38(28(21)40)26(27(39)35-29-33-7-9-41-29)25-24-2-1-8-36(24)17-34-25;2*3-2(4,5)1(6)7/h3-7,9-11,17,26,32H,1-2,8,12-16H2,(H,33,35,39);2*(H,6,7). The van der Waals surface area contributed by atoms with Crippen LogP contribution in [0.2, 0.25) is 0 Å². The monoisotopic (exact) mass is 797 g/mol. The molecule has 4 aromatic rings. The van der Waals surface area contributed by atoms with Gasteiger partial charge in [0.15, 0.2) is 11.2 Å². The molecule has 2 aromatic heterocycles. The molecule has 55 heavy (non-hydrogen) atoms. The third-order valence-electron chi connectivity index (χ3n) is 9.39. The molecule has 292 valence electrons. The summed E-state index contributed by atoms with van der Waals surface area (Å²) in [5, 5.41) is 22.7. The lowest BCUT2D eigenvalue weighted by atomic mass is 9.74. The molecule has 8 rings (SSSR count). The van der Waals surface area contributed by atoms with Gasteiger partial charge < -0.3 is 29.9 Å². The molecular weight excluding hydrogens is 767 g/mol. The number of carboxylic acids is 2. The van der Waals surface area contributed by atoms with Crippen molar-refractivity contribution < 1.29 is 60.1 Å². The van der Waals surface area contributed by atoms with Crippen LogP contribution in [0.4, 0.5) is 41.6 Å². The number of aliphatic carboxylic acids is 2. The Morgan fingerprint density at radius 1 is 0.945 bits per heavy atom. The number of fused-ring (bicyclic) bond motifs is 2. The van der Waals surface area contributed by atoms with Crippen LogP contribution in [0.5, 0.6) is 0 Å². The second-order valence-electron chi connectivity index (χ2n) is 13.1. The molecule has 4 aliphatic heterocycles. The maximum atomic E-state index is 15.6. The minimum Gasteiger partial charge on any atom is -0.475 e. The van der Waals surface area contributed by atoms with Crippen LogP contribution in [0.1, 0.15) is 39.8 Å². The van der Waals surface area contributed by atoms with Crippen LogP contribution in [-0.4, -0.2) is 91.9 Å². The molecule has 2 aromatic carbocycles. The fourth-order valence-electron chi connectivity index (χ4n) is 6.68. The lowest BCUT2D eigenvalue weighted by molar-refractivity contribution is -0.193. The van der Waals surface area contributed by atoms with Crippen LogP contribution < -0.4 is 15.5 Å². The van der Waals surface area contributed by atoms with E-state index in [1.807, 2.05) is 16.7 Å². The first-order valence-corrected chi connectivity index (χ1v) is 17.3. The second-order valence-corrected chi connectivity index (χ2v) is 14.0. The molecule has 1 unspecified atom stereocenters. The second kappa shape index (κ2) is 14.9. The third kappa shape index (κ3) is 8.26. The fraction of sp³-hybridized carbons (Fsp3) is 0.353. The predicted octanol–water partition coefficient (Wildman–Crippen LogP) is 5.10. The summed E-state index contributed by atoms with van der Waals surface area (Å²) in [6.45, 7) is 5.08. The average molecular weight is 798 g/mol. The highest BCUT2D eigenvalue weighted by Gasteiger charge is 2.47. The number of rotatable bonds is 6. The first-order chi connectivity index (χ1) is 25.9. The summed E-state index contributed by atoms with van der Waals surface area (Å²) in [5.74, 6) is -6.75. The van der Waals surface area contributed by atoms with E-state index in [0.29, 0.717) is 27.4 Å². The van der Waals surface area contributed by atoms with Crippen LogP contribution in [0.15, 0.2) is 54.3 Å². The molecule has 1 atom stereocenters. The number of hydrogen-bond donors (Lipinski definition) is 4. The highest BCUT2D eigenvalue weighted by molar-refractivity contribution is 7.13. The van der Waals surface area contributed by atoms with Crippen LogP contribution >= 0.6 is 11.3 Å². The first kappa shape index (κ1) is 39.1. The molecule has 1 spiro atoms. The molecule has 21 heteroatoms. The van der Waals surface area contributed by atoms with Gasteiger partial charge in [-0.05, 0) is 48.2 Å². The smallest absolute Gasteiger partial charge is 0.475 e. The topological polar surface area (TPSA) is 170 Å². The van der Waals surface area contributed by atoms with Crippen LogP contribution in [0.3, 0.4) is 0 Å². The van der Waals surface area contributed by atoms with Crippen molar-refractivity contribution in [2.24, 2.45) is 5.41 Å². The van der Waals surface area contributed by atoms with Gasteiger partial charge in [0.25, 0.3) is 11.8 Å². The zero-order valence-corrected chi connectivity index (χ0v) is 29.1. The molecule has 0 bridgehead atoms. The van der Waals surface area contributed by atoms with Crippen LogP contribution in [0.25, 0.3) is 11.1 Å². The first-order valence-electron chi connectivity index (χ1n) is 16.4. The Bertz CT molecular complexity index is 2070. The van der Waals surface area contributed by atoms with Crippen molar-refractivity contribution in [1.29, 1.82) is 0 Å². The molecule has 4 N–H and O–H groups in total. The summed E-state index contributed by atoms with van der Waals surface area (Å²) < 4.78 is 81.1.